The molecule has 0 radical (unpaired) electrons. The molecule has 0 bridgehead atoms. The molecule has 0 fully saturated rings. The van der Waals surface area contributed by atoms with Crippen molar-refractivity contribution in [3.8, 4) is 0 Å². The third kappa shape index (κ3) is 3.83. The zero-order valence-corrected chi connectivity index (χ0v) is 9.47. The highest BCUT2D eigenvalue weighted by atomic mass is 32.2. The zero-order chi connectivity index (χ0) is 10.2. The van der Waals surface area contributed by atoms with Gasteiger partial charge in [-0.05, 0) is 31.2 Å². The summed E-state index contributed by atoms with van der Waals surface area (Å²) in [7, 11) is 0. The van der Waals surface area contributed by atoms with Gasteiger partial charge in [-0.2, -0.15) is 0 Å². The maximum absolute atomic E-state index is 4.08. The molecule has 0 saturated heterocycles. The van der Waals surface area contributed by atoms with Crippen molar-refractivity contribution < 1.29 is 0 Å². The molecule has 2 nitrogen and oxygen atoms in total. The second kappa shape index (κ2) is 6.49. The summed E-state index contributed by atoms with van der Waals surface area (Å²) in [6.45, 7) is 3.08. The Morgan fingerprint density at radius 2 is 2.50 bits per heavy atom. The fourth-order valence-electron chi connectivity index (χ4n) is 1.13. The fourth-order valence-corrected chi connectivity index (χ4v) is 1.67. The number of aromatic nitrogens is 1. The molecule has 0 saturated carbocycles. The van der Waals surface area contributed by atoms with E-state index in [9.17, 15) is 0 Å². The lowest BCUT2D eigenvalue weighted by molar-refractivity contribution is 0.898. The van der Waals surface area contributed by atoms with E-state index in [1.807, 2.05) is 12.3 Å². The fraction of sp³-hybridized carbons (Fsp3) is 0.364. The van der Waals surface area contributed by atoms with Crippen molar-refractivity contribution in [3.63, 3.8) is 0 Å². The highest BCUT2D eigenvalue weighted by Gasteiger charge is 1.92. The van der Waals surface area contributed by atoms with Crippen LogP contribution in [0.2, 0.25) is 0 Å². The number of hydrogen-bond acceptors (Lipinski definition) is 3. The van der Waals surface area contributed by atoms with Crippen LogP contribution in [0.3, 0.4) is 0 Å². The van der Waals surface area contributed by atoms with Crippen LogP contribution in [0.15, 0.2) is 35.6 Å². The van der Waals surface area contributed by atoms with Gasteiger partial charge in [-0.25, -0.2) is 0 Å². The van der Waals surface area contributed by atoms with Gasteiger partial charge in [0.25, 0.3) is 0 Å². The molecule has 76 valence electrons. The first kappa shape index (κ1) is 11.1. The van der Waals surface area contributed by atoms with Gasteiger partial charge in [-0.15, -0.1) is 11.8 Å². The summed E-state index contributed by atoms with van der Waals surface area (Å²) >= 11 is 1.74. The molecule has 1 N–H and O–H groups in total. The van der Waals surface area contributed by atoms with Gasteiger partial charge in [0.05, 0.1) is 5.03 Å². The van der Waals surface area contributed by atoms with E-state index in [0.29, 0.717) is 0 Å². The highest BCUT2D eigenvalue weighted by molar-refractivity contribution is 8.02. The number of nitrogens with zero attached hydrogens (tertiary/aromatic N) is 1. The molecule has 0 unspecified atom stereocenters. The minimum absolute atomic E-state index is 0.941. The van der Waals surface area contributed by atoms with E-state index in [4.69, 9.17) is 0 Å². The molecular weight excluding hydrogens is 192 g/mol. The smallest absolute Gasteiger partial charge is 0.0641 e. The van der Waals surface area contributed by atoms with E-state index in [1.54, 1.807) is 18.0 Å². The molecular formula is C11H16N2S. The number of hydrogen-bond donors (Lipinski definition) is 1. The van der Waals surface area contributed by atoms with Gasteiger partial charge in [0.1, 0.15) is 0 Å². The average Bonchev–Trinajstić information content (AvgIpc) is 2.25. The van der Waals surface area contributed by atoms with E-state index in [1.165, 1.54) is 10.6 Å². The van der Waals surface area contributed by atoms with E-state index >= 15 is 0 Å². The molecule has 1 rings (SSSR count). The second-order valence-electron chi connectivity index (χ2n) is 2.87. The Kier molecular flexibility index (Phi) is 5.15. The standard InChI is InChI=1S/C11H16N2S/c1-3-13-11(14-2)7-6-10-5-4-8-12-9-10/h4-5,7-9,13H,3,6H2,1-2H3/b11-7-. The van der Waals surface area contributed by atoms with E-state index in [2.05, 4.69) is 35.6 Å². The predicted molar refractivity (Wildman–Crippen MR) is 63.2 cm³/mol. The molecule has 0 aromatic carbocycles. The monoisotopic (exact) mass is 208 g/mol. The van der Waals surface area contributed by atoms with Crippen molar-refractivity contribution in [2.45, 2.75) is 13.3 Å². The molecule has 0 amide bonds. The Balaban J connectivity index is 2.52. The molecule has 1 heterocycles. The van der Waals surface area contributed by atoms with Crippen LogP contribution in [0.1, 0.15) is 12.5 Å². The molecule has 0 aliphatic heterocycles. The number of pyridine rings is 1. The topological polar surface area (TPSA) is 24.9 Å². The van der Waals surface area contributed by atoms with Gasteiger partial charge in [0.2, 0.25) is 0 Å². The Bertz CT molecular complexity index is 283. The lowest BCUT2D eigenvalue weighted by Crippen LogP contribution is -2.09. The summed E-state index contributed by atoms with van der Waals surface area (Å²) in [6.07, 6.45) is 8.92. The molecule has 0 aliphatic rings. The van der Waals surface area contributed by atoms with E-state index in [-0.39, 0.29) is 0 Å². The SMILES string of the molecule is CCN/C(=C/Cc1cccnc1)SC. The third-order valence-electron chi connectivity index (χ3n) is 1.82. The maximum Gasteiger partial charge on any atom is 0.0641 e. The van der Waals surface area contributed by atoms with Gasteiger partial charge in [-0.1, -0.05) is 12.1 Å². The van der Waals surface area contributed by atoms with Gasteiger partial charge in [0, 0.05) is 18.9 Å². The second-order valence-corrected chi connectivity index (χ2v) is 3.72. The molecule has 0 spiro atoms. The minimum atomic E-state index is 0.941. The van der Waals surface area contributed by atoms with E-state index < -0.39 is 0 Å². The van der Waals surface area contributed by atoms with Crippen molar-refractivity contribution in [2.24, 2.45) is 0 Å². The Morgan fingerprint density at radius 3 is 3.07 bits per heavy atom. The third-order valence-corrected chi connectivity index (χ3v) is 2.57. The quantitative estimate of drug-likeness (QED) is 0.804. The highest BCUT2D eigenvalue weighted by Crippen LogP contribution is 2.09. The number of nitrogens with one attached hydrogen (secondary N) is 1. The first-order valence-corrected chi connectivity index (χ1v) is 5.96. The maximum atomic E-state index is 4.08. The number of allylic oxidation sites excluding steroid dienone is 1. The van der Waals surface area contributed by atoms with Gasteiger partial charge in [-0.3, -0.25) is 4.98 Å². The van der Waals surface area contributed by atoms with Crippen molar-refractivity contribution in [2.75, 3.05) is 12.8 Å². The molecule has 14 heavy (non-hydrogen) atoms. The molecule has 1 aromatic rings. The summed E-state index contributed by atoms with van der Waals surface area (Å²) in [6, 6.07) is 4.06. The normalized spacial score (nSPS) is 11.4. The minimum Gasteiger partial charge on any atom is -0.380 e. The van der Waals surface area contributed by atoms with Crippen molar-refractivity contribution >= 4 is 11.8 Å². The van der Waals surface area contributed by atoms with Gasteiger partial charge < -0.3 is 5.32 Å². The van der Waals surface area contributed by atoms with Crippen molar-refractivity contribution in [1.29, 1.82) is 0 Å². The van der Waals surface area contributed by atoms with Gasteiger partial charge >= 0.3 is 0 Å². The Morgan fingerprint density at radius 1 is 1.64 bits per heavy atom. The lowest BCUT2D eigenvalue weighted by Gasteiger charge is -2.05. The van der Waals surface area contributed by atoms with E-state index in [0.717, 1.165) is 13.0 Å². The number of rotatable bonds is 5. The average molecular weight is 208 g/mol. The van der Waals surface area contributed by atoms with Gasteiger partial charge in [0.15, 0.2) is 0 Å². The Hall–Kier alpha value is -0.960. The Labute approximate surface area is 89.8 Å². The van der Waals surface area contributed by atoms with Crippen molar-refractivity contribution in [3.05, 3.63) is 41.2 Å². The summed E-state index contributed by atoms with van der Waals surface area (Å²) in [5.41, 5.74) is 1.25. The molecule has 0 atom stereocenters. The summed E-state index contributed by atoms with van der Waals surface area (Å²) < 4.78 is 0. The van der Waals surface area contributed by atoms with Crippen LogP contribution in [-0.4, -0.2) is 17.8 Å². The van der Waals surface area contributed by atoms with Crippen LogP contribution in [-0.2, 0) is 6.42 Å². The van der Waals surface area contributed by atoms with Crippen LogP contribution >= 0.6 is 11.8 Å². The van der Waals surface area contributed by atoms with Crippen LogP contribution in [0.25, 0.3) is 0 Å². The largest absolute Gasteiger partial charge is 0.380 e. The summed E-state index contributed by atoms with van der Waals surface area (Å²) in [4.78, 5) is 4.08. The summed E-state index contributed by atoms with van der Waals surface area (Å²) in [5, 5.41) is 4.54. The number of thioether (sulfide) groups is 1. The molecule has 3 heteroatoms. The lowest BCUT2D eigenvalue weighted by atomic mass is 10.2. The van der Waals surface area contributed by atoms with Crippen LogP contribution in [0, 0.1) is 0 Å². The van der Waals surface area contributed by atoms with Crippen LogP contribution in [0.4, 0.5) is 0 Å². The molecule has 1 aromatic heterocycles. The summed E-state index contributed by atoms with van der Waals surface area (Å²) in [5.74, 6) is 0. The van der Waals surface area contributed by atoms with Crippen LogP contribution < -0.4 is 5.32 Å². The first-order chi connectivity index (χ1) is 6.86. The van der Waals surface area contributed by atoms with Crippen LogP contribution in [0.5, 0.6) is 0 Å². The zero-order valence-electron chi connectivity index (χ0n) is 8.66. The first-order valence-electron chi connectivity index (χ1n) is 4.73. The molecule has 0 aliphatic carbocycles. The van der Waals surface area contributed by atoms with Crippen molar-refractivity contribution in [1.82, 2.24) is 10.3 Å². The predicted octanol–water partition coefficient (Wildman–Crippen LogP) is 2.44.